The van der Waals surface area contributed by atoms with Crippen LogP contribution in [0.4, 0.5) is 6.01 Å². The Morgan fingerprint density at radius 1 is 1.16 bits per heavy atom. The van der Waals surface area contributed by atoms with Gasteiger partial charge in [-0.3, -0.25) is 0 Å². The maximum absolute atomic E-state index is 5.81. The van der Waals surface area contributed by atoms with E-state index < -0.39 is 0 Å². The van der Waals surface area contributed by atoms with Crippen LogP contribution < -0.4 is 10.2 Å². The fourth-order valence-corrected chi connectivity index (χ4v) is 2.36. The van der Waals surface area contributed by atoms with Crippen molar-refractivity contribution in [3.05, 3.63) is 29.3 Å². The molecule has 0 radical (unpaired) electrons. The molecule has 3 rings (SSSR count). The molecule has 0 unspecified atom stereocenters. The minimum atomic E-state index is 0.603. The molecule has 0 amide bonds. The molecular formula is C14H18N4O. The monoisotopic (exact) mass is 258 g/mol. The molecule has 1 aliphatic heterocycles. The lowest BCUT2D eigenvalue weighted by Crippen LogP contribution is -2.43. The van der Waals surface area contributed by atoms with Crippen molar-refractivity contribution in [3.8, 4) is 11.5 Å². The predicted octanol–water partition coefficient (Wildman–Crippen LogP) is 1.76. The van der Waals surface area contributed by atoms with Gasteiger partial charge in [0, 0.05) is 31.7 Å². The molecule has 0 spiro atoms. The molecule has 5 heteroatoms. The van der Waals surface area contributed by atoms with Gasteiger partial charge in [0.1, 0.15) is 0 Å². The fourth-order valence-electron chi connectivity index (χ4n) is 2.36. The largest absolute Gasteiger partial charge is 0.403 e. The predicted molar refractivity (Wildman–Crippen MR) is 74.3 cm³/mol. The molecule has 1 aliphatic rings. The second-order valence-corrected chi connectivity index (χ2v) is 4.95. The van der Waals surface area contributed by atoms with E-state index in [2.05, 4.69) is 46.4 Å². The number of benzene rings is 1. The molecule has 0 bridgehead atoms. The van der Waals surface area contributed by atoms with Crippen molar-refractivity contribution in [3.63, 3.8) is 0 Å². The van der Waals surface area contributed by atoms with Gasteiger partial charge < -0.3 is 14.6 Å². The summed E-state index contributed by atoms with van der Waals surface area (Å²) in [5.41, 5.74) is 3.41. The first-order chi connectivity index (χ1) is 9.24. The summed E-state index contributed by atoms with van der Waals surface area (Å²) in [7, 11) is 0. The number of hydrogen-bond acceptors (Lipinski definition) is 5. The Balaban J connectivity index is 1.87. The number of rotatable bonds is 2. The Morgan fingerprint density at radius 2 is 1.95 bits per heavy atom. The summed E-state index contributed by atoms with van der Waals surface area (Å²) in [5.74, 6) is 0.603. The van der Waals surface area contributed by atoms with Gasteiger partial charge in [0.2, 0.25) is 5.89 Å². The molecule has 0 saturated carbocycles. The van der Waals surface area contributed by atoms with Gasteiger partial charge in [-0.2, -0.15) is 0 Å². The van der Waals surface area contributed by atoms with Gasteiger partial charge >= 0.3 is 6.01 Å². The molecule has 0 atom stereocenters. The van der Waals surface area contributed by atoms with Crippen LogP contribution in [0, 0.1) is 13.8 Å². The van der Waals surface area contributed by atoms with Crippen molar-refractivity contribution in [1.29, 1.82) is 0 Å². The normalized spacial score (nSPS) is 15.8. The lowest BCUT2D eigenvalue weighted by molar-refractivity contribution is 0.505. The Labute approximate surface area is 112 Å². The highest BCUT2D eigenvalue weighted by atomic mass is 16.4. The van der Waals surface area contributed by atoms with Gasteiger partial charge in [-0.05, 0) is 25.5 Å². The van der Waals surface area contributed by atoms with Gasteiger partial charge in [0.05, 0.1) is 0 Å². The first-order valence-electron chi connectivity index (χ1n) is 6.61. The van der Waals surface area contributed by atoms with Gasteiger partial charge in [-0.15, -0.1) is 5.10 Å². The van der Waals surface area contributed by atoms with E-state index in [1.807, 2.05) is 6.07 Å². The highest BCUT2D eigenvalue weighted by Crippen LogP contribution is 2.25. The second-order valence-electron chi connectivity index (χ2n) is 4.95. The molecule has 5 nitrogen and oxygen atoms in total. The number of anilines is 1. The zero-order chi connectivity index (χ0) is 13.2. The van der Waals surface area contributed by atoms with E-state index in [-0.39, 0.29) is 0 Å². The topological polar surface area (TPSA) is 54.2 Å². The summed E-state index contributed by atoms with van der Waals surface area (Å²) >= 11 is 0. The van der Waals surface area contributed by atoms with Crippen LogP contribution in [-0.2, 0) is 0 Å². The van der Waals surface area contributed by atoms with Crippen LogP contribution in [0.25, 0.3) is 11.5 Å². The average molecular weight is 258 g/mol. The minimum Gasteiger partial charge on any atom is -0.403 e. The first-order valence-corrected chi connectivity index (χ1v) is 6.61. The highest BCUT2D eigenvalue weighted by molar-refractivity contribution is 5.59. The summed E-state index contributed by atoms with van der Waals surface area (Å²) in [5, 5.41) is 11.6. The summed E-state index contributed by atoms with van der Waals surface area (Å²) in [4.78, 5) is 2.12. The van der Waals surface area contributed by atoms with Crippen LogP contribution in [0.15, 0.2) is 22.6 Å². The molecule has 2 heterocycles. The van der Waals surface area contributed by atoms with Gasteiger partial charge in [0.25, 0.3) is 0 Å². The van der Waals surface area contributed by atoms with Gasteiger partial charge in [0.15, 0.2) is 0 Å². The molecule has 0 aliphatic carbocycles. The van der Waals surface area contributed by atoms with E-state index in [4.69, 9.17) is 4.42 Å². The lowest BCUT2D eigenvalue weighted by atomic mass is 10.1. The van der Waals surface area contributed by atoms with Crippen LogP contribution in [0.1, 0.15) is 11.1 Å². The van der Waals surface area contributed by atoms with Crippen LogP contribution in [0.2, 0.25) is 0 Å². The van der Waals surface area contributed by atoms with E-state index in [1.165, 1.54) is 5.56 Å². The van der Waals surface area contributed by atoms with Gasteiger partial charge in [-0.1, -0.05) is 22.8 Å². The van der Waals surface area contributed by atoms with Crippen molar-refractivity contribution < 1.29 is 4.42 Å². The molecular weight excluding hydrogens is 240 g/mol. The van der Waals surface area contributed by atoms with Crippen molar-refractivity contribution in [2.45, 2.75) is 13.8 Å². The summed E-state index contributed by atoms with van der Waals surface area (Å²) in [6, 6.07) is 6.86. The van der Waals surface area contributed by atoms with E-state index in [9.17, 15) is 0 Å². The van der Waals surface area contributed by atoms with E-state index in [0.717, 1.165) is 37.3 Å². The molecule has 1 aromatic carbocycles. The Kier molecular flexibility index (Phi) is 3.21. The highest BCUT2D eigenvalue weighted by Gasteiger charge is 2.18. The van der Waals surface area contributed by atoms with Crippen LogP contribution >= 0.6 is 0 Å². The number of nitrogens with one attached hydrogen (secondary N) is 1. The molecule has 1 saturated heterocycles. The average Bonchev–Trinajstić information content (AvgIpc) is 2.89. The Morgan fingerprint density at radius 3 is 2.68 bits per heavy atom. The third kappa shape index (κ3) is 2.46. The Bertz CT molecular complexity index is 573. The van der Waals surface area contributed by atoms with Gasteiger partial charge in [-0.25, -0.2) is 0 Å². The number of aryl methyl sites for hydroxylation is 2. The number of piperazine rings is 1. The quantitative estimate of drug-likeness (QED) is 0.889. The van der Waals surface area contributed by atoms with E-state index in [1.54, 1.807) is 0 Å². The molecule has 1 fully saturated rings. The summed E-state index contributed by atoms with van der Waals surface area (Å²) in [6.07, 6.45) is 0. The van der Waals surface area contributed by atoms with Crippen LogP contribution in [0.3, 0.4) is 0 Å². The van der Waals surface area contributed by atoms with Crippen molar-refractivity contribution in [2.75, 3.05) is 31.1 Å². The third-order valence-corrected chi connectivity index (χ3v) is 3.41. The lowest BCUT2D eigenvalue weighted by Gasteiger charge is -2.24. The second kappa shape index (κ2) is 5.01. The molecule has 100 valence electrons. The van der Waals surface area contributed by atoms with E-state index >= 15 is 0 Å². The van der Waals surface area contributed by atoms with Crippen molar-refractivity contribution >= 4 is 6.01 Å². The third-order valence-electron chi connectivity index (χ3n) is 3.41. The number of aromatic nitrogens is 2. The Hall–Kier alpha value is -1.88. The number of nitrogens with zero attached hydrogens (tertiary/aromatic N) is 3. The summed E-state index contributed by atoms with van der Waals surface area (Å²) in [6.45, 7) is 7.89. The zero-order valence-corrected chi connectivity index (χ0v) is 11.3. The maximum Gasteiger partial charge on any atom is 0.318 e. The molecule has 2 aromatic rings. The minimum absolute atomic E-state index is 0.603. The fraction of sp³-hybridized carbons (Fsp3) is 0.429. The van der Waals surface area contributed by atoms with Crippen LogP contribution in [0.5, 0.6) is 0 Å². The van der Waals surface area contributed by atoms with Crippen molar-refractivity contribution in [1.82, 2.24) is 15.5 Å². The SMILES string of the molecule is Cc1ccc(-c2nnc(N3CCNCC3)o2)c(C)c1. The molecule has 1 aromatic heterocycles. The van der Waals surface area contributed by atoms with E-state index in [0.29, 0.717) is 11.9 Å². The van der Waals surface area contributed by atoms with Crippen LogP contribution in [-0.4, -0.2) is 36.4 Å². The molecule has 1 N–H and O–H groups in total. The van der Waals surface area contributed by atoms with Crippen molar-refractivity contribution in [2.24, 2.45) is 0 Å². The standard InChI is InChI=1S/C14H18N4O/c1-10-3-4-12(11(2)9-10)13-16-17-14(19-13)18-7-5-15-6-8-18/h3-4,9,15H,5-8H2,1-2H3. The number of hydrogen-bond donors (Lipinski definition) is 1. The summed E-state index contributed by atoms with van der Waals surface area (Å²) < 4.78 is 5.81. The zero-order valence-electron chi connectivity index (χ0n) is 11.3. The first kappa shape index (κ1) is 12.2. The molecule has 19 heavy (non-hydrogen) atoms. The smallest absolute Gasteiger partial charge is 0.318 e. The maximum atomic E-state index is 5.81.